The van der Waals surface area contributed by atoms with Gasteiger partial charge in [-0.1, -0.05) is 82.0 Å². The zero-order valence-corrected chi connectivity index (χ0v) is 13.9. The van der Waals surface area contributed by atoms with Crippen LogP contribution in [0.25, 0.3) is 0 Å². The van der Waals surface area contributed by atoms with E-state index in [4.69, 9.17) is 0 Å². The molecule has 1 aromatic rings. The number of rotatable bonds is 2. The van der Waals surface area contributed by atoms with Crippen LogP contribution in [0.1, 0.15) is 65.5 Å². The van der Waals surface area contributed by atoms with E-state index in [2.05, 4.69) is 58.5 Å². The molecule has 0 saturated carbocycles. The van der Waals surface area contributed by atoms with Crippen molar-refractivity contribution >= 4 is 0 Å². The molecule has 0 nitrogen and oxygen atoms in total. The summed E-state index contributed by atoms with van der Waals surface area (Å²) >= 11 is 0. The molecule has 0 saturated heterocycles. The van der Waals surface area contributed by atoms with Crippen LogP contribution in [-0.2, 0) is 0 Å². The zero-order valence-electron chi connectivity index (χ0n) is 13.9. The third-order valence-electron chi connectivity index (χ3n) is 1.90. The van der Waals surface area contributed by atoms with E-state index in [9.17, 15) is 0 Å². The van der Waals surface area contributed by atoms with E-state index in [1.54, 1.807) is 0 Å². The molecule has 0 N–H and O–H groups in total. The lowest BCUT2D eigenvalue weighted by molar-refractivity contribution is 0.910. The fourth-order valence-electron chi connectivity index (χ4n) is 1.06. The van der Waals surface area contributed by atoms with Gasteiger partial charge in [0.2, 0.25) is 0 Å². The van der Waals surface area contributed by atoms with Crippen LogP contribution in [0.2, 0.25) is 0 Å². The molecule has 0 bridgehead atoms. The lowest BCUT2D eigenvalue weighted by Gasteiger charge is -1.90. The molecule has 0 radical (unpaired) electrons. The Morgan fingerprint density at radius 2 is 1.17 bits per heavy atom. The van der Waals surface area contributed by atoms with Crippen LogP contribution in [0.3, 0.4) is 0 Å². The number of allylic oxidation sites excluding steroid dienone is 1. The summed E-state index contributed by atoms with van der Waals surface area (Å²) < 4.78 is 0. The minimum Gasteiger partial charge on any atom is -0.100 e. The first-order valence-corrected chi connectivity index (χ1v) is 7.24. The molecular formula is C18H34. The van der Waals surface area contributed by atoms with Crippen LogP contribution in [0, 0.1) is 13.8 Å². The summed E-state index contributed by atoms with van der Waals surface area (Å²) in [6, 6.07) is 8.48. The summed E-state index contributed by atoms with van der Waals surface area (Å²) in [5, 5.41) is 0. The second-order valence-corrected chi connectivity index (χ2v) is 3.86. The van der Waals surface area contributed by atoms with Gasteiger partial charge >= 0.3 is 0 Å². The van der Waals surface area contributed by atoms with Gasteiger partial charge in [-0.15, -0.1) is 6.58 Å². The van der Waals surface area contributed by atoms with Gasteiger partial charge in [0.1, 0.15) is 0 Å². The van der Waals surface area contributed by atoms with Crippen LogP contribution in [0.5, 0.6) is 0 Å². The number of benzene rings is 1. The molecule has 18 heavy (non-hydrogen) atoms. The summed E-state index contributed by atoms with van der Waals surface area (Å²) in [5.41, 5.74) is 3.95. The Morgan fingerprint density at radius 3 is 1.28 bits per heavy atom. The Hall–Kier alpha value is -1.04. The van der Waals surface area contributed by atoms with E-state index >= 15 is 0 Å². The summed E-state index contributed by atoms with van der Waals surface area (Å²) in [6.45, 7) is 20.2. The predicted octanol–water partition coefficient (Wildman–Crippen LogP) is 6.72. The number of aryl methyl sites for hydroxylation is 2. The Morgan fingerprint density at radius 1 is 0.889 bits per heavy atom. The molecule has 0 aliphatic carbocycles. The van der Waals surface area contributed by atoms with E-state index in [0.29, 0.717) is 0 Å². The smallest absolute Gasteiger partial charge is 0.0328 e. The van der Waals surface area contributed by atoms with Gasteiger partial charge in [0.15, 0.2) is 0 Å². The molecular weight excluding hydrogens is 216 g/mol. The summed E-state index contributed by atoms with van der Waals surface area (Å²) in [6.07, 6.45) is 2.41. The van der Waals surface area contributed by atoms with Crippen LogP contribution in [-0.4, -0.2) is 0 Å². The Bertz CT molecular complexity index is 233. The van der Waals surface area contributed by atoms with Crippen molar-refractivity contribution in [2.75, 3.05) is 0 Å². The maximum atomic E-state index is 3.74. The number of hydrogen-bond acceptors (Lipinski definition) is 0. The van der Waals surface area contributed by atoms with Gasteiger partial charge in [0.05, 0.1) is 0 Å². The van der Waals surface area contributed by atoms with Crippen LogP contribution >= 0.6 is 0 Å². The predicted molar refractivity (Wildman–Crippen MR) is 88.3 cm³/mol. The van der Waals surface area contributed by atoms with Gasteiger partial charge in [-0.3, -0.25) is 0 Å². The second kappa shape index (κ2) is 18.3. The van der Waals surface area contributed by atoms with E-state index in [1.807, 2.05) is 27.7 Å². The van der Waals surface area contributed by atoms with Crippen molar-refractivity contribution in [3.05, 3.63) is 47.5 Å². The molecule has 0 amide bonds. The minimum absolute atomic E-state index is 1.18. The molecule has 0 fully saturated rings. The first kappa shape index (κ1) is 22.2. The molecule has 0 unspecified atom stereocenters. The molecule has 0 heterocycles. The third-order valence-corrected chi connectivity index (χ3v) is 1.90. The van der Waals surface area contributed by atoms with E-state index in [0.717, 1.165) is 0 Å². The van der Waals surface area contributed by atoms with Gasteiger partial charge in [-0.25, -0.2) is 0 Å². The molecule has 0 heteroatoms. The first-order valence-electron chi connectivity index (χ1n) is 7.24. The van der Waals surface area contributed by atoms with Crippen molar-refractivity contribution < 1.29 is 0 Å². The summed E-state index contributed by atoms with van der Waals surface area (Å²) in [4.78, 5) is 0. The SMILES string of the molecule is C=C(C)CCC.CC.CC.Cc1ccc(C)cc1. The highest BCUT2D eigenvalue weighted by Crippen LogP contribution is 1.99. The lowest BCUT2D eigenvalue weighted by Crippen LogP contribution is -1.70. The molecule has 0 spiro atoms. The van der Waals surface area contributed by atoms with Crippen molar-refractivity contribution in [3.63, 3.8) is 0 Å². The van der Waals surface area contributed by atoms with Gasteiger partial charge in [0, 0.05) is 0 Å². The topological polar surface area (TPSA) is 0 Å². The Kier molecular flexibility index (Phi) is 22.6. The molecule has 0 atom stereocenters. The standard InChI is InChI=1S/C8H10.C6H12.2C2H6/c1-7-3-5-8(2)6-4-7;1-4-5-6(2)3;2*1-2/h3-6H,1-2H3;2,4-5H2,1,3H3;2*1-2H3. The van der Waals surface area contributed by atoms with Gasteiger partial charge in [0.25, 0.3) is 0 Å². The Labute approximate surface area is 116 Å². The fraction of sp³-hybridized carbons (Fsp3) is 0.556. The Balaban J connectivity index is -0.000000201. The molecule has 1 aromatic carbocycles. The average molecular weight is 250 g/mol. The molecule has 1 rings (SSSR count). The van der Waals surface area contributed by atoms with Crippen molar-refractivity contribution in [1.82, 2.24) is 0 Å². The van der Waals surface area contributed by atoms with Crippen LogP contribution in [0.4, 0.5) is 0 Å². The van der Waals surface area contributed by atoms with Gasteiger partial charge in [-0.2, -0.15) is 0 Å². The van der Waals surface area contributed by atoms with Gasteiger partial charge < -0.3 is 0 Å². The monoisotopic (exact) mass is 250 g/mol. The van der Waals surface area contributed by atoms with E-state index < -0.39 is 0 Å². The highest BCUT2D eigenvalue weighted by atomic mass is 13.9. The lowest BCUT2D eigenvalue weighted by atomic mass is 10.2. The quantitative estimate of drug-likeness (QED) is 0.511. The first-order chi connectivity index (χ1) is 8.56. The molecule has 0 aliphatic heterocycles. The average Bonchev–Trinajstić information content (AvgIpc) is 2.38. The highest BCUT2D eigenvalue weighted by molar-refractivity contribution is 5.19. The third kappa shape index (κ3) is 20.4. The maximum Gasteiger partial charge on any atom is -0.0328 e. The normalized spacial score (nSPS) is 7.56. The van der Waals surface area contributed by atoms with Crippen molar-refractivity contribution in [2.24, 2.45) is 0 Å². The molecule has 0 aromatic heterocycles. The zero-order chi connectivity index (χ0) is 15.0. The van der Waals surface area contributed by atoms with E-state index in [1.165, 1.54) is 29.5 Å². The van der Waals surface area contributed by atoms with E-state index in [-0.39, 0.29) is 0 Å². The molecule has 0 aliphatic rings. The second-order valence-electron chi connectivity index (χ2n) is 3.86. The summed E-state index contributed by atoms with van der Waals surface area (Å²) in [5.74, 6) is 0. The summed E-state index contributed by atoms with van der Waals surface area (Å²) in [7, 11) is 0. The van der Waals surface area contributed by atoms with Crippen molar-refractivity contribution in [2.45, 2.75) is 68.2 Å². The highest BCUT2D eigenvalue weighted by Gasteiger charge is 1.79. The van der Waals surface area contributed by atoms with Crippen molar-refractivity contribution in [3.8, 4) is 0 Å². The number of hydrogen-bond donors (Lipinski definition) is 0. The minimum atomic E-state index is 1.18. The molecule has 106 valence electrons. The fourth-order valence-corrected chi connectivity index (χ4v) is 1.06. The largest absolute Gasteiger partial charge is 0.100 e. The van der Waals surface area contributed by atoms with Crippen LogP contribution in [0.15, 0.2) is 36.4 Å². The van der Waals surface area contributed by atoms with Crippen molar-refractivity contribution in [1.29, 1.82) is 0 Å². The van der Waals surface area contributed by atoms with Crippen LogP contribution < -0.4 is 0 Å². The van der Waals surface area contributed by atoms with Gasteiger partial charge in [-0.05, 0) is 27.2 Å². The maximum absolute atomic E-state index is 3.74.